The van der Waals surface area contributed by atoms with E-state index in [2.05, 4.69) is 24.5 Å². The van der Waals surface area contributed by atoms with Crippen LogP contribution in [0.4, 0.5) is 0 Å². The molecule has 0 spiro atoms. The van der Waals surface area contributed by atoms with Gasteiger partial charge in [0.25, 0.3) is 0 Å². The van der Waals surface area contributed by atoms with Crippen molar-refractivity contribution in [2.24, 2.45) is 5.41 Å². The minimum absolute atomic E-state index is 0.530. The van der Waals surface area contributed by atoms with Gasteiger partial charge in [0.1, 0.15) is 0 Å². The predicted molar refractivity (Wildman–Crippen MR) is 55.8 cm³/mol. The highest BCUT2D eigenvalue weighted by Crippen LogP contribution is 2.37. The van der Waals surface area contributed by atoms with E-state index in [0.29, 0.717) is 5.41 Å². The monoisotopic (exact) mass is 182 g/mol. The highest BCUT2D eigenvalue weighted by Gasteiger charge is 2.35. The molecule has 0 aromatic rings. The van der Waals surface area contributed by atoms with Gasteiger partial charge >= 0.3 is 0 Å². The molecule has 1 aliphatic heterocycles. The molecule has 2 nitrogen and oxygen atoms in total. The summed E-state index contributed by atoms with van der Waals surface area (Å²) >= 11 is 0. The van der Waals surface area contributed by atoms with E-state index < -0.39 is 0 Å². The van der Waals surface area contributed by atoms with Crippen molar-refractivity contribution in [1.29, 1.82) is 0 Å². The van der Waals surface area contributed by atoms with Gasteiger partial charge in [-0.3, -0.25) is 0 Å². The van der Waals surface area contributed by atoms with Gasteiger partial charge in [0, 0.05) is 18.6 Å². The molecule has 1 aliphatic carbocycles. The summed E-state index contributed by atoms with van der Waals surface area (Å²) in [5, 5.41) is 7.22. The molecule has 2 rings (SSSR count). The van der Waals surface area contributed by atoms with Gasteiger partial charge in [-0.2, -0.15) is 0 Å². The summed E-state index contributed by atoms with van der Waals surface area (Å²) in [4.78, 5) is 0. The minimum Gasteiger partial charge on any atom is -0.315 e. The number of rotatable bonds is 2. The first-order chi connectivity index (χ1) is 6.18. The molecule has 1 saturated carbocycles. The first-order valence-corrected chi connectivity index (χ1v) is 5.65. The van der Waals surface area contributed by atoms with E-state index in [1.165, 1.54) is 38.8 Å². The fourth-order valence-corrected chi connectivity index (χ4v) is 2.72. The van der Waals surface area contributed by atoms with E-state index in [4.69, 9.17) is 0 Å². The number of nitrogens with one attached hydrogen (secondary N) is 2. The Balaban J connectivity index is 1.86. The van der Waals surface area contributed by atoms with Gasteiger partial charge in [0.2, 0.25) is 0 Å². The Hall–Kier alpha value is -0.0800. The third-order valence-electron chi connectivity index (χ3n) is 3.75. The van der Waals surface area contributed by atoms with Crippen molar-refractivity contribution in [3.63, 3.8) is 0 Å². The zero-order valence-corrected chi connectivity index (χ0v) is 8.90. The predicted octanol–water partition coefficient (Wildman–Crippen LogP) is 1.52. The van der Waals surface area contributed by atoms with Crippen LogP contribution in [0.3, 0.4) is 0 Å². The molecule has 2 fully saturated rings. The first kappa shape index (κ1) is 9.47. The Kier molecular flexibility index (Phi) is 2.61. The van der Waals surface area contributed by atoms with E-state index in [9.17, 15) is 0 Å². The molecule has 1 heterocycles. The Morgan fingerprint density at radius 3 is 2.69 bits per heavy atom. The molecule has 0 aromatic carbocycles. The Morgan fingerprint density at radius 2 is 2.15 bits per heavy atom. The van der Waals surface area contributed by atoms with Crippen LogP contribution in [0, 0.1) is 5.41 Å². The lowest BCUT2D eigenvalue weighted by atomic mass is 9.87. The zero-order chi connectivity index (χ0) is 9.31. The zero-order valence-electron chi connectivity index (χ0n) is 8.90. The topological polar surface area (TPSA) is 24.1 Å². The lowest BCUT2D eigenvalue weighted by Crippen LogP contribution is -2.44. The van der Waals surface area contributed by atoms with E-state index in [-0.39, 0.29) is 0 Å². The largest absolute Gasteiger partial charge is 0.315 e. The van der Waals surface area contributed by atoms with Gasteiger partial charge in [-0.05, 0) is 31.2 Å². The quantitative estimate of drug-likeness (QED) is 0.676. The van der Waals surface area contributed by atoms with Crippen molar-refractivity contribution in [2.45, 2.75) is 51.6 Å². The van der Waals surface area contributed by atoms with Crippen LogP contribution in [0.5, 0.6) is 0 Å². The summed E-state index contributed by atoms with van der Waals surface area (Å²) in [5.41, 5.74) is 0.530. The normalized spacial score (nSPS) is 38.3. The molecular weight excluding hydrogens is 160 g/mol. The van der Waals surface area contributed by atoms with Crippen molar-refractivity contribution in [2.75, 3.05) is 13.1 Å². The summed E-state index contributed by atoms with van der Waals surface area (Å²) in [6.07, 6.45) is 5.49. The highest BCUT2D eigenvalue weighted by molar-refractivity contribution is 4.93. The fraction of sp³-hybridized carbons (Fsp3) is 1.00. The van der Waals surface area contributed by atoms with Crippen molar-refractivity contribution in [3.05, 3.63) is 0 Å². The van der Waals surface area contributed by atoms with Crippen molar-refractivity contribution < 1.29 is 0 Å². The van der Waals surface area contributed by atoms with E-state index in [0.717, 1.165) is 12.1 Å². The molecule has 2 atom stereocenters. The van der Waals surface area contributed by atoms with E-state index in [1.54, 1.807) is 0 Å². The molecule has 2 unspecified atom stereocenters. The van der Waals surface area contributed by atoms with Crippen LogP contribution in [-0.4, -0.2) is 25.2 Å². The van der Waals surface area contributed by atoms with Crippen LogP contribution in [0.2, 0.25) is 0 Å². The summed E-state index contributed by atoms with van der Waals surface area (Å²) in [6.45, 7) is 7.18. The van der Waals surface area contributed by atoms with Gasteiger partial charge in [-0.15, -0.1) is 0 Å². The van der Waals surface area contributed by atoms with E-state index in [1.807, 2.05) is 0 Å². The SMILES string of the molecule is CC1(C)CCCC1NC1CCNC1. The Bertz CT molecular complexity index is 171. The molecular formula is C11H22N2. The second-order valence-electron chi connectivity index (χ2n) is 5.29. The second-order valence-corrected chi connectivity index (χ2v) is 5.29. The maximum atomic E-state index is 3.81. The molecule has 0 aromatic heterocycles. The fourth-order valence-electron chi connectivity index (χ4n) is 2.72. The average molecular weight is 182 g/mol. The van der Waals surface area contributed by atoms with Gasteiger partial charge in [0.05, 0.1) is 0 Å². The van der Waals surface area contributed by atoms with Crippen LogP contribution in [0.25, 0.3) is 0 Å². The van der Waals surface area contributed by atoms with Crippen molar-refractivity contribution in [1.82, 2.24) is 10.6 Å². The second kappa shape index (κ2) is 3.58. The van der Waals surface area contributed by atoms with Crippen molar-refractivity contribution in [3.8, 4) is 0 Å². The van der Waals surface area contributed by atoms with Crippen LogP contribution in [-0.2, 0) is 0 Å². The average Bonchev–Trinajstić information content (AvgIpc) is 2.63. The molecule has 0 bridgehead atoms. The van der Waals surface area contributed by atoms with E-state index >= 15 is 0 Å². The third-order valence-corrected chi connectivity index (χ3v) is 3.75. The van der Waals surface area contributed by atoms with Gasteiger partial charge in [-0.25, -0.2) is 0 Å². The molecule has 0 amide bonds. The molecule has 1 saturated heterocycles. The number of hydrogen-bond acceptors (Lipinski definition) is 2. The number of hydrogen-bond donors (Lipinski definition) is 2. The molecule has 2 heteroatoms. The Labute approximate surface area is 81.5 Å². The van der Waals surface area contributed by atoms with Gasteiger partial charge in [-0.1, -0.05) is 20.3 Å². The standard InChI is InChI=1S/C11H22N2/c1-11(2)6-3-4-10(11)13-9-5-7-12-8-9/h9-10,12-13H,3-8H2,1-2H3. The summed E-state index contributed by atoms with van der Waals surface area (Å²) in [7, 11) is 0. The van der Waals surface area contributed by atoms with Gasteiger partial charge in [0.15, 0.2) is 0 Å². The van der Waals surface area contributed by atoms with Crippen molar-refractivity contribution >= 4 is 0 Å². The first-order valence-electron chi connectivity index (χ1n) is 5.65. The maximum absolute atomic E-state index is 3.81. The molecule has 2 aliphatic rings. The lowest BCUT2D eigenvalue weighted by Gasteiger charge is -2.30. The maximum Gasteiger partial charge on any atom is 0.0207 e. The van der Waals surface area contributed by atoms with Gasteiger partial charge < -0.3 is 10.6 Å². The molecule has 13 heavy (non-hydrogen) atoms. The Morgan fingerprint density at radius 1 is 1.31 bits per heavy atom. The smallest absolute Gasteiger partial charge is 0.0207 e. The summed E-state index contributed by atoms with van der Waals surface area (Å²) in [5.74, 6) is 0. The van der Waals surface area contributed by atoms with Crippen LogP contribution in [0.15, 0.2) is 0 Å². The van der Waals surface area contributed by atoms with Crippen LogP contribution in [0.1, 0.15) is 39.5 Å². The highest BCUT2D eigenvalue weighted by atomic mass is 15.1. The molecule has 2 N–H and O–H groups in total. The minimum atomic E-state index is 0.530. The molecule has 76 valence electrons. The van der Waals surface area contributed by atoms with Crippen LogP contribution < -0.4 is 10.6 Å². The summed E-state index contributed by atoms with van der Waals surface area (Å²) in [6, 6.07) is 1.50. The third kappa shape index (κ3) is 2.05. The lowest BCUT2D eigenvalue weighted by molar-refractivity contribution is 0.265. The van der Waals surface area contributed by atoms with Crippen LogP contribution >= 0.6 is 0 Å². The molecule has 0 radical (unpaired) electrons. The summed E-state index contributed by atoms with van der Waals surface area (Å²) < 4.78 is 0.